The maximum absolute atomic E-state index is 5.64. The molecule has 2 aliphatic rings. The van der Waals surface area contributed by atoms with Crippen molar-refractivity contribution in [2.75, 3.05) is 19.8 Å². The van der Waals surface area contributed by atoms with E-state index in [-0.39, 0.29) is 0 Å². The topological polar surface area (TPSA) is 31.0 Å². The van der Waals surface area contributed by atoms with Gasteiger partial charge in [-0.25, -0.2) is 0 Å². The highest BCUT2D eigenvalue weighted by Crippen LogP contribution is 2.29. The first kappa shape index (κ1) is 9.97. The van der Waals surface area contributed by atoms with Crippen molar-refractivity contribution in [1.82, 2.24) is 0 Å². The quantitative estimate of drug-likeness (QED) is 0.689. The lowest BCUT2D eigenvalue weighted by Gasteiger charge is -2.07. The Hall–Kier alpha value is -1.22. The third-order valence-electron chi connectivity index (χ3n) is 2.84. The number of ether oxygens (including phenoxy) is 3. The van der Waals surface area contributed by atoms with Crippen molar-refractivity contribution < 1.29 is 14.2 Å². The van der Waals surface area contributed by atoms with Gasteiger partial charge in [-0.05, 0) is 43.0 Å². The van der Waals surface area contributed by atoms with Crippen LogP contribution in [0.4, 0.5) is 0 Å². The average Bonchev–Trinajstić information content (AvgIpc) is 3.17. The molecule has 0 bridgehead atoms. The third-order valence-corrected chi connectivity index (χ3v) is 2.84. The zero-order chi connectivity index (χ0) is 10.8. The van der Waals surface area contributed by atoms with E-state index in [2.05, 4.69) is 0 Å². The van der Waals surface area contributed by atoms with Crippen LogP contribution in [-0.4, -0.2) is 25.9 Å². The molecule has 0 aromatic heterocycles. The smallest absolute Gasteiger partial charge is 0.119 e. The van der Waals surface area contributed by atoms with E-state index in [9.17, 15) is 0 Å². The molecular weight excluding hydrogens is 204 g/mol. The minimum atomic E-state index is 0.311. The summed E-state index contributed by atoms with van der Waals surface area (Å²) < 4.78 is 16.3. The van der Waals surface area contributed by atoms with Crippen LogP contribution in [0.15, 0.2) is 24.3 Å². The highest BCUT2D eigenvalue weighted by atomic mass is 16.6. The lowest BCUT2D eigenvalue weighted by Crippen LogP contribution is -2.04. The average molecular weight is 220 g/mol. The summed E-state index contributed by atoms with van der Waals surface area (Å²) in [4.78, 5) is 0. The SMILES string of the molecule is c1cc(OCC2CO2)ccc1OCC1CC1. The highest BCUT2D eigenvalue weighted by molar-refractivity contribution is 5.31. The van der Waals surface area contributed by atoms with Gasteiger partial charge in [-0.3, -0.25) is 0 Å². The fourth-order valence-electron chi connectivity index (χ4n) is 1.48. The predicted octanol–water partition coefficient (Wildman–Crippen LogP) is 2.25. The molecule has 1 aliphatic carbocycles. The van der Waals surface area contributed by atoms with E-state index < -0.39 is 0 Å². The zero-order valence-electron chi connectivity index (χ0n) is 9.22. The fourth-order valence-corrected chi connectivity index (χ4v) is 1.48. The number of benzene rings is 1. The summed E-state index contributed by atoms with van der Waals surface area (Å²) in [6.45, 7) is 2.35. The molecule has 1 aliphatic heterocycles. The van der Waals surface area contributed by atoms with Crippen molar-refractivity contribution in [1.29, 1.82) is 0 Å². The molecule has 1 saturated carbocycles. The Kier molecular flexibility index (Phi) is 2.70. The molecule has 0 spiro atoms. The molecule has 3 rings (SSSR count). The third kappa shape index (κ3) is 2.89. The number of epoxide rings is 1. The number of hydrogen-bond donors (Lipinski definition) is 0. The van der Waals surface area contributed by atoms with E-state index in [4.69, 9.17) is 14.2 Å². The van der Waals surface area contributed by atoms with E-state index in [1.54, 1.807) is 0 Å². The van der Waals surface area contributed by atoms with Crippen LogP contribution in [0.1, 0.15) is 12.8 Å². The van der Waals surface area contributed by atoms with E-state index in [1.165, 1.54) is 12.8 Å². The van der Waals surface area contributed by atoms with E-state index in [0.29, 0.717) is 12.7 Å². The molecule has 1 saturated heterocycles. The molecule has 0 N–H and O–H groups in total. The van der Waals surface area contributed by atoms with E-state index in [1.807, 2.05) is 24.3 Å². The van der Waals surface area contributed by atoms with Crippen LogP contribution in [0.3, 0.4) is 0 Å². The van der Waals surface area contributed by atoms with Gasteiger partial charge in [0.05, 0.1) is 13.2 Å². The van der Waals surface area contributed by atoms with Crippen LogP contribution in [0, 0.1) is 5.92 Å². The van der Waals surface area contributed by atoms with Gasteiger partial charge in [0.1, 0.15) is 24.2 Å². The van der Waals surface area contributed by atoms with Crippen LogP contribution in [-0.2, 0) is 4.74 Å². The van der Waals surface area contributed by atoms with Gasteiger partial charge < -0.3 is 14.2 Å². The molecule has 2 fully saturated rings. The molecule has 3 heteroatoms. The molecule has 16 heavy (non-hydrogen) atoms. The summed E-state index contributed by atoms with van der Waals surface area (Å²) in [5.41, 5.74) is 0. The molecule has 1 aromatic carbocycles. The Balaban J connectivity index is 1.47. The van der Waals surface area contributed by atoms with Gasteiger partial charge >= 0.3 is 0 Å². The maximum Gasteiger partial charge on any atom is 0.119 e. The standard InChI is InChI=1S/C13H16O3/c1-2-10(1)7-14-11-3-5-12(6-4-11)15-8-13-9-16-13/h3-6,10,13H,1-2,7-9H2. The van der Waals surface area contributed by atoms with E-state index in [0.717, 1.165) is 30.6 Å². The first-order chi connectivity index (χ1) is 7.90. The van der Waals surface area contributed by atoms with E-state index >= 15 is 0 Å². The lowest BCUT2D eigenvalue weighted by molar-refractivity contribution is 0.262. The maximum atomic E-state index is 5.64. The second-order valence-electron chi connectivity index (χ2n) is 4.49. The van der Waals surface area contributed by atoms with Gasteiger partial charge in [-0.1, -0.05) is 0 Å². The second kappa shape index (κ2) is 4.34. The van der Waals surface area contributed by atoms with Gasteiger partial charge in [0.25, 0.3) is 0 Å². The monoisotopic (exact) mass is 220 g/mol. The number of hydrogen-bond acceptors (Lipinski definition) is 3. The first-order valence-corrected chi connectivity index (χ1v) is 5.87. The van der Waals surface area contributed by atoms with Crippen molar-refractivity contribution in [2.24, 2.45) is 5.92 Å². The minimum absolute atomic E-state index is 0.311. The van der Waals surface area contributed by atoms with Crippen LogP contribution >= 0.6 is 0 Å². The van der Waals surface area contributed by atoms with Crippen LogP contribution in [0.2, 0.25) is 0 Å². The number of rotatable bonds is 6. The van der Waals surface area contributed by atoms with Gasteiger partial charge in [0.15, 0.2) is 0 Å². The van der Waals surface area contributed by atoms with Crippen LogP contribution < -0.4 is 9.47 Å². The molecule has 1 heterocycles. The molecule has 86 valence electrons. The first-order valence-electron chi connectivity index (χ1n) is 5.87. The van der Waals surface area contributed by atoms with Crippen molar-refractivity contribution in [3.05, 3.63) is 24.3 Å². The fraction of sp³-hybridized carbons (Fsp3) is 0.538. The van der Waals surface area contributed by atoms with Crippen molar-refractivity contribution in [3.8, 4) is 11.5 Å². The van der Waals surface area contributed by atoms with Crippen molar-refractivity contribution >= 4 is 0 Å². The van der Waals surface area contributed by atoms with Crippen LogP contribution in [0.25, 0.3) is 0 Å². The van der Waals surface area contributed by atoms with Crippen molar-refractivity contribution in [2.45, 2.75) is 18.9 Å². The molecule has 1 atom stereocenters. The zero-order valence-corrected chi connectivity index (χ0v) is 9.22. The summed E-state index contributed by atoms with van der Waals surface area (Å²) in [5.74, 6) is 2.61. The predicted molar refractivity (Wildman–Crippen MR) is 59.9 cm³/mol. The van der Waals surface area contributed by atoms with Gasteiger partial charge in [0, 0.05) is 0 Å². The van der Waals surface area contributed by atoms with Crippen molar-refractivity contribution in [3.63, 3.8) is 0 Å². The van der Waals surface area contributed by atoms with Gasteiger partial charge in [-0.2, -0.15) is 0 Å². The Morgan fingerprint density at radius 3 is 2.06 bits per heavy atom. The largest absolute Gasteiger partial charge is 0.493 e. The Labute approximate surface area is 95.3 Å². The minimum Gasteiger partial charge on any atom is -0.493 e. The summed E-state index contributed by atoms with van der Waals surface area (Å²) in [7, 11) is 0. The Morgan fingerprint density at radius 2 is 1.56 bits per heavy atom. The molecule has 0 amide bonds. The summed E-state index contributed by atoms with van der Waals surface area (Å²) in [6, 6.07) is 7.83. The second-order valence-corrected chi connectivity index (χ2v) is 4.49. The molecule has 1 aromatic rings. The summed E-state index contributed by atoms with van der Waals surface area (Å²) in [5, 5.41) is 0. The Bertz CT molecular complexity index is 304. The molecule has 3 nitrogen and oxygen atoms in total. The summed E-state index contributed by atoms with van der Waals surface area (Å²) >= 11 is 0. The molecule has 0 radical (unpaired) electrons. The van der Waals surface area contributed by atoms with Gasteiger partial charge in [-0.15, -0.1) is 0 Å². The Morgan fingerprint density at radius 1 is 1.00 bits per heavy atom. The molecule has 1 unspecified atom stereocenters. The van der Waals surface area contributed by atoms with Crippen LogP contribution in [0.5, 0.6) is 11.5 Å². The highest BCUT2D eigenvalue weighted by Gasteiger charge is 2.23. The lowest BCUT2D eigenvalue weighted by atomic mass is 10.3. The normalized spacial score (nSPS) is 22.9. The molecular formula is C13H16O3. The van der Waals surface area contributed by atoms with Gasteiger partial charge in [0.2, 0.25) is 0 Å². The summed E-state index contributed by atoms with van der Waals surface area (Å²) in [6.07, 6.45) is 2.95.